The highest BCUT2D eigenvalue weighted by molar-refractivity contribution is 6.07. The number of carbonyl (C=O) groups excluding carboxylic acids is 1. The third-order valence-corrected chi connectivity index (χ3v) is 4.53. The number of hydrogen-bond acceptors (Lipinski definition) is 3. The Hall–Kier alpha value is -2.56. The monoisotopic (exact) mass is 343 g/mol. The fraction of sp³-hybridized carbons (Fsp3) is 0.350. The van der Waals surface area contributed by atoms with Crippen LogP contribution < -0.4 is 14.4 Å². The summed E-state index contributed by atoms with van der Waals surface area (Å²) in [6, 6.07) is 11.0. The first-order valence-electron chi connectivity index (χ1n) is 8.39. The molecular weight excluding hydrogens is 321 g/mol. The van der Waals surface area contributed by atoms with Gasteiger partial charge in [0.25, 0.3) is 5.91 Å². The smallest absolute Gasteiger partial charge is 0.258 e. The molecule has 2 aromatic rings. The number of rotatable bonds is 5. The van der Waals surface area contributed by atoms with Crippen molar-refractivity contribution in [3.05, 3.63) is 53.1 Å². The number of fused-ring (bicyclic) bond motifs is 1. The van der Waals surface area contributed by atoms with Crippen molar-refractivity contribution in [1.29, 1.82) is 0 Å². The normalized spacial score (nSPS) is 13.3. The lowest BCUT2D eigenvalue weighted by molar-refractivity contribution is 0.0985. The molecule has 0 saturated heterocycles. The van der Waals surface area contributed by atoms with E-state index in [0.29, 0.717) is 30.0 Å². The van der Waals surface area contributed by atoms with Gasteiger partial charge in [-0.1, -0.05) is 12.1 Å². The lowest BCUT2D eigenvalue weighted by Gasteiger charge is -2.30. The topological polar surface area (TPSA) is 38.8 Å². The van der Waals surface area contributed by atoms with Crippen LogP contribution in [0.2, 0.25) is 0 Å². The zero-order chi connectivity index (χ0) is 17.8. The molecule has 0 N–H and O–H groups in total. The number of hydrogen-bond donors (Lipinski definition) is 0. The Labute approximate surface area is 147 Å². The van der Waals surface area contributed by atoms with Crippen LogP contribution in [0.15, 0.2) is 36.4 Å². The quantitative estimate of drug-likeness (QED) is 0.829. The van der Waals surface area contributed by atoms with Gasteiger partial charge < -0.3 is 14.4 Å². The highest BCUT2D eigenvalue weighted by Crippen LogP contribution is 2.38. The van der Waals surface area contributed by atoms with Crippen molar-refractivity contribution in [2.24, 2.45) is 0 Å². The van der Waals surface area contributed by atoms with Gasteiger partial charge in [0.2, 0.25) is 0 Å². The van der Waals surface area contributed by atoms with Gasteiger partial charge in [0, 0.05) is 24.6 Å². The average molecular weight is 343 g/mol. The molecule has 2 aromatic carbocycles. The number of carbonyl (C=O) groups is 1. The number of anilines is 1. The first-order chi connectivity index (χ1) is 12.2. The summed E-state index contributed by atoms with van der Waals surface area (Å²) in [5.74, 6) is 1.23. The maximum Gasteiger partial charge on any atom is 0.258 e. The Bertz CT molecular complexity index is 758. The fourth-order valence-electron chi connectivity index (χ4n) is 3.20. The van der Waals surface area contributed by atoms with Crippen molar-refractivity contribution in [3.8, 4) is 11.5 Å². The molecule has 1 aliphatic heterocycles. The van der Waals surface area contributed by atoms with Crippen molar-refractivity contribution in [2.45, 2.75) is 19.3 Å². The van der Waals surface area contributed by atoms with E-state index in [9.17, 15) is 9.18 Å². The molecule has 0 spiro atoms. The molecule has 0 atom stereocenters. The van der Waals surface area contributed by atoms with E-state index in [2.05, 4.69) is 0 Å². The van der Waals surface area contributed by atoms with Crippen molar-refractivity contribution in [1.82, 2.24) is 0 Å². The van der Waals surface area contributed by atoms with Gasteiger partial charge in [-0.2, -0.15) is 0 Å². The van der Waals surface area contributed by atoms with E-state index < -0.39 is 6.67 Å². The van der Waals surface area contributed by atoms with E-state index in [-0.39, 0.29) is 5.91 Å². The highest BCUT2D eigenvalue weighted by Gasteiger charge is 2.25. The van der Waals surface area contributed by atoms with Crippen molar-refractivity contribution in [2.75, 3.05) is 32.3 Å². The molecule has 1 amide bonds. The zero-order valence-corrected chi connectivity index (χ0v) is 14.5. The number of alkyl halides is 1. The number of halogens is 1. The fourth-order valence-corrected chi connectivity index (χ4v) is 3.20. The van der Waals surface area contributed by atoms with Crippen LogP contribution in [0.3, 0.4) is 0 Å². The molecule has 0 aromatic heterocycles. The summed E-state index contributed by atoms with van der Waals surface area (Å²) in [6.45, 7) is 0.266. The molecule has 0 saturated carbocycles. The first-order valence-corrected chi connectivity index (χ1v) is 8.39. The SMILES string of the molecule is COc1cc2c(cc1OC)N(C(=O)c1ccc(CCF)cc1)CCC2. The number of ether oxygens (including phenoxy) is 2. The summed E-state index contributed by atoms with van der Waals surface area (Å²) < 4.78 is 23.2. The molecule has 4 nitrogen and oxygen atoms in total. The molecule has 0 bridgehead atoms. The predicted octanol–water partition coefficient (Wildman–Crippen LogP) is 3.81. The van der Waals surface area contributed by atoms with Crippen LogP contribution in [-0.4, -0.2) is 33.3 Å². The second kappa shape index (κ2) is 7.55. The Morgan fingerprint density at radius 1 is 1.12 bits per heavy atom. The van der Waals surface area contributed by atoms with E-state index in [1.807, 2.05) is 24.3 Å². The molecule has 5 heteroatoms. The number of benzene rings is 2. The maximum atomic E-state index is 13.0. The van der Waals surface area contributed by atoms with Gasteiger partial charge in [-0.3, -0.25) is 9.18 Å². The van der Waals surface area contributed by atoms with Gasteiger partial charge in [0.05, 0.1) is 26.6 Å². The summed E-state index contributed by atoms with van der Waals surface area (Å²) in [4.78, 5) is 14.7. The Balaban J connectivity index is 1.92. The van der Waals surface area contributed by atoms with E-state index in [1.165, 1.54) is 0 Å². The predicted molar refractivity (Wildman–Crippen MR) is 95.7 cm³/mol. The third kappa shape index (κ3) is 3.45. The van der Waals surface area contributed by atoms with Crippen LogP contribution in [0.5, 0.6) is 11.5 Å². The van der Waals surface area contributed by atoms with Crippen molar-refractivity contribution in [3.63, 3.8) is 0 Å². The summed E-state index contributed by atoms with van der Waals surface area (Å²) in [5, 5.41) is 0. The summed E-state index contributed by atoms with van der Waals surface area (Å²) in [6.07, 6.45) is 2.17. The van der Waals surface area contributed by atoms with E-state index >= 15 is 0 Å². The van der Waals surface area contributed by atoms with Crippen LogP contribution in [0, 0.1) is 0 Å². The second-order valence-corrected chi connectivity index (χ2v) is 6.03. The molecule has 0 aliphatic carbocycles. The van der Waals surface area contributed by atoms with E-state index in [1.54, 1.807) is 31.3 Å². The third-order valence-electron chi connectivity index (χ3n) is 4.53. The number of aryl methyl sites for hydroxylation is 2. The van der Waals surface area contributed by atoms with Gasteiger partial charge in [0.15, 0.2) is 11.5 Å². The summed E-state index contributed by atoms with van der Waals surface area (Å²) in [5.41, 5.74) is 3.43. The Morgan fingerprint density at radius 2 is 1.80 bits per heavy atom. The summed E-state index contributed by atoms with van der Waals surface area (Å²) >= 11 is 0. The van der Waals surface area contributed by atoms with Crippen molar-refractivity contribution < 1.29 is 18.7 Å². The lowest BCUT2D eigenvalue weighted by atomic mass is 9.99. The maximum absolute atomic E-state index is 13.0. The van der Waals surface area contributed by atoms with Gasteiger partial charge in [-0.05, 0) is 42.2 Å². The highest BCUT2D eigenvalue weighted by atomic mass is 19.1. The van der Waals surface area contributed by atoms with Crippen LogP contribution in [0.4, 0.5) is 10.1 Å². The molecule has 1 aliphatic rings. The first kappa shape index (κ1) is 17.3. The minimum absolute atomic E-state index is 0.0556. The number of amides is 1. The average Bonchev–Trinajstić information content (AvgIpc) is 2.66. The molecule has 0 radical (unpaired) electrons. The van der Waals surface area contributed by atoms with Crippen LogP contribution >= 0.6 is 0 Å². The molecule has 0 unspecified atom stereocenters. The molecule has 3 rings (SSSR count). The number of methoxy groups -OCH3 is 2. The molecule has 1 heterocycles. The standard InChI is InChI=1S/C20H22FNO3/c1-24-18-12-16-4-3-11-22(17(16)13-19(18)25-2)20(23)15-7-5-14(6-8-15)9-10-21/h5-8,12-13H,3-4,9-11H2,1-2H3. The van der Waals surface area contributed by atoms with Gasteiger partial charge in [-0.25, -0.2) is 0 Å². The van der Waals surface area contributed by atoms with Gasteiger partial charge in [0.1, 0.15) is 0 Å². The van der Waals surface area contributed by atoms with Crippen molar-refractivity contribution >= 4 is 11.6 Å². The Morgan fingerprint density at radius 3 is 2.44 bits per heavy atom. The molecule has 25 heavy (non-hydrogen) atoms. The van der Waals surface area contributed by atoms with Crippen LogP contribution in [-0.2, 0) is 12.8 Å². The summed E-state index contributed by atoms with van der Waals surface area (Å²) in [7, 11) is 3.19. The van der Waals surface area contributed by atoms with E-state index in [4.69, 9.17) is 9.47 Å². The molecule has 132 valence electrons. The second-order valence-electron chi connectivity index (χ2n) is 6.03. The number of nitrogens with zero attached hydrogens (tertiary/aromatic N) is 1. The zero-order valence-electron chi connectivity index (χ0n) is 14.5. The molecular formula is C20H22FNO3. The lowest BCUT2D eigenvalue weighted by Crippen LogP contribution is -2.35. The van der Waals surface area contributed by atoms with E-state index in [0.717, 1.165) is 29.7 Å². The minimum atomic E-state index is -0.394. The molecule has 0 fully saturated rings. The van der Waals surface area contributed by atoms with Gasteiger partial charge >= 0.3 is 0 Å². The minimum Gasteiger partial charge on any atom is -0.493 e. The largest absolute Gasteiger partial charge is 0.493 e. The van der Waals surface area contributed by atoms with Gasteiger partial charge in [-0.15, -0.1) is 0 Å². The van der Waals surface area contributed by atoms with Crippen LogP contribution in [0.25, 0.3) is 0 Å². The van der Waals surface area contributed by atoms with Crippen LogP contribution in [0.1, 0.15) is 27.9 Å². The Kier molecular flexibility index (Phi) is 5.22.